The lowest BCUT2D eigenvalue weighted by Gasteiger charge is -2.17. The Hall–Kier alpha value is -1.36. The van der Waals surface area contributed by atoms with Crippen molar-refractivity contribution in [2.24, 2.45) is 5.73 Å². The second kappa shape index (κ2) is 4.02. The molecule has 0 saturated heterocycles. The largest absolute Gasteiger partial charge is 0.389 e. The summed E-state index contributed by atoms with van der Waals surface area (Å²) in [7, 11) is 0. The molecule has 4 nitrogen and oxygen atoms in total. The first-order valence-corrected chi connectivity index (χ1v) is 4.86. The molecule has 5 N–H and O–H groups in total. The summed E-state index contributed by atoms with van der Waals surface area (Å²) in [4.78, 5) is 3.05. The third-order valence-electron chi connectivity index (χ3n) is 2.55. The first kappa shape index (κ1) is 10.2. The van der Waals surface area contributed by atoms with Gasteiger partial charge in [0.15, 0.2) is 0 Å². The van der Waals surface area contributed by atoms with Crippen molar-refractivity contribution in [3.63, 3.8) is 0 Å². The average Bonchev–Trinajstić information content (AvgIpc) is 2.74. The molecule has 1 heterocycles. The highest BCUT2D eigenvalue weighted by atomic mass is 16.3. The van der Waals surface area contributed by atoms with Crippen LogP contribution in [-0.4, -0.2) is 27.8 Å². The Kier molecular flexibility index (Phi) is 2.73. The number of benzene rings is 1. The summed E-state index contributed by atoms with van der Waals surface area (Å²) in [5.74, 6) is 0. The summed E-state index contributed by atoms with van der Waals surface area (Å²) in [6, 6.07) is 7.41. The number of nitrogens with one attached hydrogen (secondary N) is 1. The number of aliphatic hydroxyl groups excluding tert-OH is 2. The van der Waals surface area contributed by atoms with Crippen molar-refractivity contribution in [3.8, 4) is 0 Å². The molecule has 0 spiro atoms. The van der Waals surface area contributed by atoms with Gasteiger partial charge in [0.2, 0.25) is 0 Å². The lowest BCUT2D eigenvalue weighted by atomic mass is 10.0. The Balaban J connectivity index is 2.46. The molecule has 15 heavy (non-hydrogen) atoms. The summed E-state index contributed by atoms with van der Waals surface area (Å²) in [6.07, 6.45) is -0.0598. The van der Waals surface area contributed by atoms with E-state index in [0.717, 1.165) is 10.9 Å². The van der Waals surface area contributed by atoms with Crippen LogP contribution in [0.1, 0.15) is 11.7 Å². The van der Waals surface area contributed by atoms with Crippen LogP contribution in [0.3, 0.4) is 0 Å². The van der Waals surface area contributed by atoms with Crippen LogP contribution >= 0.6 is 0 Å². The van der Waals surface area contributed by atoms with E-state index in [9.17, 15) is 10.2 Å². The molecule has 0 amide bonds. The third-order valence-corrected chi connectivity index (χ3v) is 2.55. The standard InChI is InChI=1S/C11H14N2O2/c12-6-10(14)11(15)8-2-1-3-9-7(8)4-5-13-9/h1-5,10-11,13-15H,6,12H2. The predicted octanol–water partition coefficient (Wildman–Crippen LogP) is 0.521. The quantitative estimate of drug-likeness (QED) is 0.591. The minimum atomic E-state index is -0.936. The first-order valence-electron chi connectivity index (χ1n) is 4.86. The number of aliphatic hydroxyl groups is 2. The van der Waals surface area contributed by atoms with Crippen molar-refractivity contribution in [2.75, 3.05) is 6.54 Å². The number of fused-ring (bicyclic) bond motifs is 1. The summed E-state index contributed by atoms with van der Waals surface area (Å²) in [6.45, 7) is 0.0436. The lowest BCUT2D eigenvalue weighted by molar-refractivity contribution is 0.0252. The van der Waals surface area contributed by atoms with E-state index in [1.807, 2.05) is 18.2 Å². The second-order valence-corrected chi connectivity index (χ2v) is 3.53. The van der Waals surface area contributed by atoms with Crippen molar-refractivity contribution in [2.45, 2.75) is 12.2 Å². The van der Waals surface area contributed by atoms with Gasteiger partial charge in [-0.1, -0.05) is 12.1 Å². The Morgan fingerprint density at radius 2 is 2.07 bits per heavy atom. The molecule has 0 fully saturated rings. The fourth-order valence-electron chi connectivity index (χ4n) is 1.70. The average molecular weight is 206 g/mol. The number of aromatic nitrogens is 1. The normalized spacial score (nSPS) is 15.4. The maximum atomic E-state index is 9.86. The Labute approximate surface area is 87.3 Å². The van der Waals surface area contributed by atoms with Crippen LogP contribution < -0.4 is 5.73 Å². The second-order valence-electron chi connectivity index (χ2n) is 3.53. The van der Waals surface area contributed by atoms with Crippen LogP contribution in [0.4, 0.5) is 0 Å². The monoisotopic (exact) mass is 206 g/mol. The molecule has 0 bridgehead atoms. The molecule has 0 aliphatic rings. The van der Waals surface area contributed by atoms with E-state index in [1.54, 1.807) is 12.3 Å². The van der Waals surface area contributed by atoms with Gasteiger partial charge in [0.25, 0.3) is 0 Å². The molecule has 0 aliphatic heterocycles. The molecule has 2 rings (SSSR count). The smallest absolute Gasteiger partial charge is 0.107 e. The third kappa shape index (κ3) is 1.74. The molecule has 1 aromatic heterocycles. The zero-order valence-electron chi connectivity index (χ0n) is 8.22. The van der Waals surface area contributed by atoms with Gasteiger partial charge in [0.05, 0.1) is 6.10 Å². The lowest BCUT2D eigenvalue weighted by Crippen LogP contribution is -2.27. The van der Waals surface area contributed by atoms with Crippen LogP contribution in [0.2, 0.25) is 0 Å². The van der Waals surface area contributed by atoms with E-state index < -0.39 is 12.2 Å². The maximum absolute atomic E-state index is 9.86. The van der Waals surface area contributed by atoms with E-state index >= 15 is 0 Å². The fraction of sp³-hybridized carbons (Fsp3) is 0.273. The van der Waals surface area contributed by atoms with Crippen LogP contribution in [0.15, 0.2) is 30.5 Å². The van der Waals surface area contributed by atoms with Crippen molar-refractivity contribution in [1.29, 1.82) is 0 Å². The van der Waals surface area contributed by atoms with Gasteiger partial charge >= 0.3 is 0 Å². The number of nitrogens with two attached hydrogens (primary N) is 1. The SMILES string of the molecule is NCC(O)C(O)c1cccc2[nH]ccc12. The minimum absolute atomic E-state index is 0.0436. The van der Waals surface area contributed by atoms with E-state index in [0.29, 0.717) is 5.56 Å². The molecule has 0 aliphatic carbocycles. The topological polar surface area (TPSA) is 82.3 Å². The van der Waals surface area contributed by atoms with E-state index in [-0.39, 0.29) is 6.54 Å². The molecule has 2 aromatic rings. The van der Waals surface area contributed by atoms with Crippen LogP contribution in [0.25, 0.3) is 10.9 Å². The Bertz CT molecular complexity index is 453. The summed E-state index contributed by atoms with van der Waals surface area (Å²) in [5.41, 5.74) is 6.95. The maximum Gasteiger partial charge on any atom is 0.107 e. The van der Waals surface area contributed by atoms with Gasteiger partial charge in [-0.3, -0.25) is 0 Å². The van der Waals surface area contributed by atoms with Crippen LogP contribution in [0, 0.1) is 0 Å². The molecular weight excluding hydrogens is 192 g/mol. The highest BCUT2D eigenvalue weighted by Crippen LogP contribution is 2.25. The number of H-pyrrole nitrogens is 1. The van der Waals surface area contributed by atoms with Gasteiger partial charge in [0, 0.05) is 23.6 Å². The highest BCUT2D eigenvalue weighted by molar-refractivity contribution is 5.83. The van der Waals surface area contributed by atoms with Crippen LogP contribution in [0.5, 0.6) is 0 Å². The zero-order valence-corrected chi connectivity index (χ0v) is 8.22. The molecule has 4 heteroatoms. The summed E-state index contributed by atoms with van der Waals surface area (Å²) >= 11 is 0. The number of hydrogen-bond acceptors (Lipinski definition) is 3. The van der Waals surface area contributed by atoms with E-state index in [4.69, 9.17) is 5.73 Å². The number of rotatable bonds is 3. The number of hydrogen-bond donors (Lipinski definition) is 4. The predicted molar refractivity (Wildman–Crippen MR) is 58.3 cm³/mol. The van der Waals surface area contributed by atoms with Crippen molar-refractivity contribution < 1.29 is 10.2 Å². The summed E-state index contributed by atoms with van der Waals surface area (Å²) < 4.78 is 0. The Morgan fingerprint density at radius 3 is 2.80 bits per heavy atom. The molecule has 1 aromatic carbocycles. The van der Waals surface area contributed by atoms with Gasteiger partial charge in [-0.15, -0.1) is 0 Å². The van der Waals surface area contributed by atoms with Gasteiger partial charge in [-0.2, -0.15) is 0 Å². The highest BCUT2D eigenvalue weighted by Gasteiger charge is 2.18. The van der Waals surface area contributed by atoms with Crippen molar-refractivity contribution in [3.05, 3.63) is 36.0 Å². The van der Waals surface area contributed by atoms with Crippen LogP contribution in [-0.2, 0) is 0 Å². The molecule has 2 atom stereocenters. The molecular formula is C11H14N2O2. The zero-order chi connectivity index (χ0) is 10.8. The van der Waals surface area contributed by atoms with E-state index in [2.05, 4.69) is 4.98 Å². The Morgan fingerprint density at radius 1 is 1.27 bits per heavy atom. The van der Waals surface area contributed by atoms with Gasteiger partial charge < -0.3 is 20.9 Å². The van der Waals surface area contributed by atoms with E-state index in [1.165, 1.54) is 0 Å². The molecule has 2 unspecified atom stereocenters. The summed E-state index contributed by atoms with van der Waals surface area (Å²) in [5, 5.41) is 20.3. The number of aromatic amines is 1. The first-order chi connectivity index (χ1) is 7.24. The van der Waals surface area contributed by atoms with Crippen molar-refractivity contribution in [1.82, 2.24) is 4.98 Å². The fourth-order valence-corrected chi connectivity index (χ4v) is 1.70. The van der Waals surface area contributed by atoms with Gasteiger partial charge in [0.1, 0.15) is 6.10 Å². The molecule has 0 radical (unpaired) electrons. The van der Waals surface area contributed by atoms with Gasteiger partial charge in [-0.05, 0) is 17.7 Å². The molecule has 0 saturated carbocycles. The minimum Gasteiger partial charge on any atom is -0.389 e. The van der Waals surface area contributed by atoms with Crippen molar-refractivity contribution >= 4 is 10.9 Å². The van der Waals surface area contributed by atoms with Gasteiger partial charge in [-0.25, -0.2) is 0 Å². The molecule has 80 valence electrons.